The van der Waals surface area contributed by atoms with Crippen LogP contribution in [-0.2, 0) is 13.2 Å². The maximum Gasteiger partial charge on any atom is 0.108 e. The van der Waals surface area contributed by atoms with Gasteiger partial charge in [-0.2, -0.15) is 0 Å². The Morgan fingerprint density at radius 2 is 2.46 bits per heavy atom. The fourth-order valence-electron chi connectivity index (χ4n) is 1.06. The van der Waals surface area contributed by atoms with Crippen LogP contribution in [0.2, 0.25) is 0 Å². The van der Waals surface area contributed by atoms with Crippen LogP contribution in [0.25, 0.3) is 0 Å². The first-order chi connectivity index (χ1) is 6.38. The molecule has 0 aliphatic rings. The first-order valence-electron chi connectivity index (χ1n) is 3.89. The zero-order valence-corrected chi connectivity index (χ0v) is 6.92. The summed E-state index contributed by atoms with van der Waals surface area (Å²) in [6, 6.07) is 1.86. The van der Waals surface area contributed by atoms with E-state index in [9.17, 15) is 0 Å². The number of aromatic nitrogens is 3. The van der Waals surface area contributed by atoms with E-state index in [4.69, 9.17) is 9.52 Å². The van der Waals surface area contributed by atoms with Crippen LogP contribution in [0.3, 0.4) is 0 Å². The van der Waals surface area contributed by atoms with E-state index in [0.717, 1.165) is 5.56 Å². The Balaban J connectivity index is 2.10. The molecule has 68 valence electrons. The molecule has 0 aliphatic carbocycles. The van der Waals surface area contributed by atoms with Crippen molar-refractivity contribution in [3.05, 3.63) is 36.0 Å². The van der Waals surface area contributed by atoms with Crippen LogP contribution in [0, 0.1) is 0 Å². The second kappa shape index (κ2) is 3.40. The summed E-state index contributed by atoms with van der Waals surface area (Å²) in [5, 5.41) is 16.3. The van der Waals surface area contributed by atoms with Gasteiger partial charge >= 0.3 is 0 Å². The number of aliphatic hydroxyl groups is 1. The lowest BCUT2D eigenvalue weighted by atomic mass is 10.3. The van der Waals surface area contributed by atoms with Crippen LogP contribution in [0.5, 0.6) is 0 Å². The second-order valence-electron chi connectivity index (χ2n) is 2.70. The zero-order chi connectivity index (χ0) is 9.10. The maximum atomic E-state index is 8.74. The summed E-state index contributed by atoms with van der Waals surface area (Å²) in [7, 11) is 0. The number of hydrogen-bond acceptors (Lipinski definition) is 4. The molecule has 0 fully saturated rings. The second-order valence-corrected chi connectivity index (χ2v) is 2.70. The Hall–Kier alpha value is -1.62. The fourth-order valence-corrected chi connectivity index (χ4v) is 1.06. The molecule has 1 N–H and O–H groups in total. The topological polar surface area (TPSA) is 64.1 Å². The van der Waals surface area contributed by atoms with Crippen LogP contribution in [0.1, 0.15) is 11.3 Å². The number of aliphatic hydroxyl groups excluding tert-OH is 1. The van der Waals surface area contributed by atoms with Gasteiger partial charge < -0.3 is 9.52 Å². The van der Waals surface area contributed by atoms with E-state index >= 15 is 0 Å². The van der Waals surface area contributed by atoms with Gasteiger partial charge in [-0.1, -0.05) is 5.21 Å². The molecule has 5 nitrogen and oxygen atoms in total. The Morgan fingerprint density at radius 1 is 1.54 bits per heavy atom. The lowest BCUT2D eigenvalue weighted by Gasteiger charge is -1.93. The van der Waals surface area contributed by atoms with Gasteiger partial charge in [-0.05, 0) is 6.07 Å². The fraction of sp³-hybridized carbons (Fsp3) is 0.250. The molecule has 2 heterocycles. The molecule has 2 aromatic rings. The molecule has 0 spiro atoms. The van der Waals surface area contributed by atoms with Crippen LogP contribution in [0.15, 0.2) is 29.2 Å². The molecular formula is C8H9N3O2. The van der Waals surface area contributed by atoms with E-state index in [1.54, 1.807) is 23.4 Å². The van der Waals surface area contributed by atoms with Crippen molar-refractivity contribution in [2.45, 2.75) is 13.2 Å². The average molecular weight is 179 g/mol. The normalized spacial score (nSPS) is 10.5. The standard InChI is InChI=1S/C8H9N3O2/c12-5-8-4-11(10-9-8)3-7-1-2-13-6-7/h1-2,4,6,12H,3,5H2. The van der Waals surface area contributed by atoms with Crippen LogP contribution in [-0.4, -0.2) is 20.1 Å². The molecule has 0 aliphatic heterocycles. The minimum absolute atomic E-state index is 0.0780. The van der Waals surface area contributed by atoms with Gasteiger partial charge in [0, 0.05) is 5.56 Å². The van der Waals surface area contributed by atoms with Crippen LogP contribution < -0.4 is 0 Å². The summed E-state index contributed by atoms with van der Waals surface area (Å²) in [6.45, 7) is 0.537. The third-order valence-corrected chi connectivity index (χ3v) is 1.67. The molecule has 0 radical (unpaired) electrons. The molecule has 5 heteroatoms. The monoisotopic (exact) mass is 179 g/mol. The first-order valence-corrected chi connectivity index (χ1v) is 3.89. The van der Waals surface area contributed by atoms with Gasteiger partial charge in [-0.25, -0.2) is 4.68 Å². The van der Waals surface area contributed by atoms with Crippen molar-refractivity contribution in [1.29, 1.82) is 0 Å². The van der Waals surface area contributed by atoms with Crippen LogP contribution >= 0.6 is 0 Å². The molecule has 13 heavy (non-hydrogen) atoms. The van der Waals surface area contributed by atoms with Crippen molar-refractivity contribution in [3.63, 3.8) is 0 Å². The molecular weight excluding hydrogens is 170 g/mol. The van der Waals surface area contributed by atoms with Gasteiger partial charge in [0.05, 0.1) is 31.9 Å². The highest BCUT2D eigenvalue weighted by Crippen LogP contribution is 2.02. The van der Waals surface area contributed by atoms with Crippen molar-refractivity contribution in [1.82, 2.24) is 15.0 Å². The highest BCUT2D eigenvalue weighted by molar-refractivity contribution is 5.05. The van der Waals surface area contributed by atoms with E-state index in [1.165, 1.54) is 0 Å². The van der Waals surface area contributed by atoms with E-state index < -0.39 is 0 Å². The summed E-state index contributed by atoms with van der Waals surface area (Å²) in [4.78, 5) is 0. The zero-order valence-electron chi connectivity index (χ0n) is 6.92. The largest absolute Gasteiger partial charge is 0.472 e. The van der Waals surface area contributed by atoms with Gasteiger partial charge in [0.15, 0.2) is 0 Å². The molecule has 2 rings (SSSR count). The lowest BCUT2D eigenvalue weighted by molar-refractivity contribution is 0.276. The molecule has 0 bridgehead atoms. The van der Waals surface area contributed by atoms with Gasteiger partial charge in [0.25, 0.3) is 0 Å². The molecule has 0 atom stereocenters. The van der Waals surface area contributed by atoms with Crippen molar-refractivity contribution in [3.8, 4) is 0 Å². The Labute approximate surface area is 74.6 Å². The quantitative estimate of drug-likeness (QED) is 0.741. The minimum atomic E-state index is -0.0780. The minimum Gasteiger partial charge on any atom is -0.472 e. The van der Waals surface area contributed by atoms with Crippen molar-refractivity contribution in [2.75, 3.05) is 0 Å². The molecule has 0 saturated carbocycles. The molecule has 0 unspecified atom stereocenters. The van der Waals surface area contributed by atoms with Crippen molar-refractivity contribution >= 4 is 0 Å². The summed E-state index contributed by atoms with van der Waals surface area (Å²) >= 11 is 0. The predicted octanol–water partition coefficient (Wildman–Crippen LogP) is 0.412. The summed E-state index contributed by atoms with van der Waals surface area (Å²) in [6.07, 6.45) is 4.96. The molecule has 0 saturated heterocycles. The third-order valence-electron chi connectivity index (χ3n) is 1.67. The Morgan fingerprint density at radius 3 is 3.08 bits per heavy atom. The Kier molecular flexibility index (Phi) is 2.09. The summed E-state index contributed by atoms with van der Waals surface area (Å²) in [5.74, 6) is 0. The number of furan rings is 1. The SMILES string of the molecule is OCc1cn(Cc2ccoc2)nn1. The third kappa shape index (κ3) is 1.75. The highest BCUT2D eigenvalue weighted by Gasteiger charge is 2.00. The number of rotatable bonds is 3. The Bertz CT molecular complexity index is 366. The van der Waals surface area contributed by atoms with E-state index in [1.807, 2.05) is 6.07 Å². The summed E-state index contributed by atoms with van der Waals surface area (Å²) in [5.41, 5.74) is 1.60. The molecule has 0 amide bonds. The predicted molar refractivity (Wildman–Crippen MR) is 43.8 cm³/mol. The van der Waals surface area contributed by atoms with Gasteiger partial charge in [0.2, 0.25) is 0 Å². The van der Waals surface area contributed by atoms with Gasteiger partial charge in [-0.3, -0.25) is 0 Å². The lowest BCUT2D eigenvalue weighted by Crippen LogP contribution is -1.98. The van der Waals surface area contributed by atoms with E-state index in [-0.39, 0.29) is 6.61 Å². The van der Waals surface area contributed by atoms with Crippen LogP contribution in [0.4, 0.5) is 0 Å². The van der Waals surface area contributed by atoms with E-state index in [2.05, 4.69) is 10.3 Å². The number of nitrogens with zero attached hydrogens (tertiary/aromatic N) is 3. The van der Waals surface area contributed by atoms with Gasteiger partial charge in [0.1, 0.15) is 5.69 Å². The van der Waals surface area contributed by atoms with Crippen molar-refractivity contribution < 1.29 is 9.52 Å². The first kappa shape index (κ1) is 8.00. The molecule has 2 aromatic heterocycles. The summed E-state index contributed by atoms with van der Waals surface area (Å²) < 4.78 is 6.56. The van der Waals surface area contributed by atoms with Crippen molar-refractivity contribution in [2.24, 2.45) is 0 Å². The highest BCUT2D eigenvalue weighted by atomic mass is 16.3. The number of hydrogen-bond donors (Lipinski definition) is 1. The maximum absolute atomic E-state index is 8.74. The van der Waals surface area contributed by atoms with E-state index in [0.29, 0.717) is 12.2 Å². The smallest absolute Gasteiger partial charge is 0.108 e. The molecule has 0 aromatic carbocycles. The van der Waals surface area contributed by atoms with Gasteiger partial charge in [-0.15, -0.1) is 5.10 Å². The average Bonchev–Trinajstić information content (AvgIpc) is 2.76.